The average Bonchev–Trinajstić information content (AvgIpc) is 3.56. The van der Waals surface area contributed by atoms with E-state index < -0.39 is 17.8 Å². The summed E-state index contributed by atoms with van der Waals surface area (Å²) < 4.78 is 6.77. The van der Waals surface area contributed by atoms with Crippen LogP contribution in [0.2, 0.25) is 0 Å². The molecular formula is C22H24N8O6. The van der Waals surface area contributed by atoms with Gasteiger partial charge in [0.1, 0.15) is 12.9 Å². The number of methoxy groups -OCH3 is 1. The molecule has 0 spiro atoms. The van der Waals surface area contributed by atoms with Gasteiger partial charge in [-0.25, -0.2) is 15.1 Å². The third-order valence-electron chi connectivity index (χ3n) is 5.03. The molecule has 1 saturated carbocycles. The van der Waals surface area contributed by atoms with Gasteiger partial charge in [0.05, 0.1) is 30.7 Å². The van der Waals surface area contributed by atoms with Gasteiger partial charge >= 0.3 is 5.97 Å². The number of anilines is 2. The molecule has 4 N–H and O–H groups in total. The highest BCUT2D eigenvalue weighted by molar-refractivity contribution is 6.00. The van der Waals surface area contributed by atoms with Crippen LogP contribution in [0.1, 0.15) is 40.7 Å². The smallest absolute Gasteiger partial charge is 0.325 e. The number of para-hydroxylation sites is 1. The number of carboxylic acids is 1. The number of hydrogen-bond donors (Lipinski definition) is 4. The van der Waals surface area contributed by atoms with Crippen molar-refractivity contribution in [2.75, 3.05) is 19.0 Å². The maximum Gasteiger partial charge on any atom is 0.325 e. The number of aromatic nitrogens is 5. The molecule has 2 aromatic heterocycles. The van der Waals surface area contributed by atoms with E-state index in [1.54, 1.807) is 25.1 Å². The molecule has 1 fully saturated rings. The Morgan fingerprint density at radius 2 is 1.97 bits per heavy atom. The van der Waals surface area contributed by atoms with Gasteiger partial charge in [0.15, 0.2) is 23.0 Å². The molecule has 2 heterocycles. The molecule has 36 heavy (non-hydrogen) atoms. The molecule has 0 radical (unpaired) electrons. The highest BCUT2D eigenvalue weighted by atomic mass is 16.6. The van der Waals surface area contributed by atoms with Crippen LogP contribution in [0.3, 0.4) is 0 Å². The Balaban J connectivity index is 1.69. The summed E-state index contributed by atoms with van der Waals surface area (Å²) in [5.41, 5.74) is 3.26. The molecule has 3 aromatic rings. The first kappa shape index (κ1) is 24.5. The van der Waals surface area contributed by atoms with Crippen LogP contribution in [0.4, 0.5) is 11.4 Å². The van der Waals surface area contributed by atoms with Crippen molar-refractivity contribution in [3.63, 3.8) is 0 Å². The summed E-state index contributed by atoms with van der Waals surface area (Å²) in [6, 6.07) is 6.62. The quantitative estimate of drug-likeness (QED) is 0.279. The van der Waals surface area contributed by atoms with Gasteiger partial charge in [0.2, 0.25) is 0 Å². The average molecular weight is 496 g/mol. The molecule has 1 aliphatic carbocycles. The fraction of sp³-hybridized carbons (Fsp3) is 0.318. The van der Waals surface area contributed by atoms with Crippen molar-refractivity contribution in [1.29, 1.82) is 0 Å². The third-order valence-corrected chi connectivity index (χ3v) is 5.03. The minimum Gasteiger partial charge on any atom is -0.494 e. The Morgan fingerprint density at radius 3 is 2.67 bits per heavy atom. The van der Waals surface area contributed by atoms with E-state index in [0.29, 0.717) is 17.0 Å². The Morgan fingerprint density at radius 1 is 1.17 bits per heavy atom. The number of hydrogen-bond acceptors (Lipinski definition) is 10. The van der Waals surface area contributed by atoms with Crippen molar-refractivity contribution >= 4 is 29.2 Å². The number of rotatable bonds is 11. The van der Waals surface area contributed by atoms with E-state index >= 15 is 0 Å². The van der Waals surface area contributed by atoms with Crippen LogP contribution in [0.5, 0.6) is 5.75 Å². The number of amides is 2. The number of benzene rings is 1. The Kier molecular flexibility index (Phi) is 7.34. The van der Waals surface area contributed by atoms with Crippen molar-refractivity contribution < 1.29 is 29.1 Å². The van der Waals surface area contributed by atoms with E-state index in [9.17, 15) is 14.4 Å². The molecule has 1 aromatic carbocycles. The first-order valence-electron chi connectivity index (χ1n) is 11.1. The monoisotopic (exact) mass is 496 g/mol. The summed E-state index contributed by atoms with van der Waals surface area (Å²) in [4.78, 5) is 45.3. The number of nitrogens with one attached hydrogen (secondary N) is 3. The first-order chi connectivity index (χ1) is 17.4. The molecule has 1 aliphatic rings. The van der Waals surface area contributed by atoms with Crippen LogP contribution in [0, 0.1) is 0 Å². The maximum atomic E-state index is 12.6. The van der Waals surface area contributed by atoms with Gasteiger partial charge in [-0.15, -0.1) is 10.2 Å². The second-order valence-electron chi connectivity index (χ2n) is 7.77. The van der Waals surface area contributed by atoms with E-state index in [1.807, 2.05) is 0 Å². The summed E-state index contributed by atoms with van der Waals surface area (Å²) in [7, 11) is 1.44. The molecule has 0 bridgehead atoms. The van der Waals surface area contributed by atoms with Gasteiger partial charge in [-0.05, 0) is 38.0 Å². The predicted molar refractivity (Wildman–Crippen MR) is 125 cm³/mol. The maximum absolute atomic E-state index is 12.6. The fourth-order valence-electron chi connectivity index (χ4n) is 3.25. The lowest BCUT2D eigenvalue weighted by molar-refractivity contribution is -0.137. The minimum atomic E-state index is -1.06. The topological polar surface area (TPSA) is 182 Å². The van der Waals surface area contributed by atoms with Gasteiger partial charge in [-0.1, -0.05) is 6.07 Å². The number of carbonyl (C=O) groups excluding carboxylic acids is 2. The molecule has 0 unspecified atom stereocenters. The number of ether oxygens (including phenoxy) is 1. The summed E-state index contributed by atoms with van der Waals surface area (Å²) in [5.74, 6) is -1.56. The van der Waals surface area contributed by atoms with Crippen LogP contribution in [-0.2, 0) is 16.2 Å². The summed E-state index contributed by atoms with van der Waals surface area (Å²) in [6.45, 7) is 1.60. The van der Waals surface area contributed by atoms with E-state index in [4.69, 9.17) is 14.7 Å². The van der Waals surface area contributed by atoms with Crippen molar-refractivity contribution in [3.8, 4) is 17.1 Å². The lowest BCUT2D eigenvalue weighted by Gasteiger charge is -2.16. The summed E-state index contributed by atoms with van der Waals surface area (Å²) in [6.07, 6.45) is 3.11. The number of nitrogens with zero attached hydrogens (tertiary/aromatic N) is 5. The normalized spacial score (nSPS) is 12.6. The zero-order valence-electron chi connectivity index (χ0n) is 19.5. The first-order valence-corrected chi connectivity index (χ1v) is 11.1. The minimum absolute atomic E-state index is 0.0292. The largest absolute Gasteiger partial charge is 0.494 e. The lowest BCUT2D eigenvalue weighted by Crippen LogP contribution is -2.29. The van der Waals surface area contributed by atoms with Gasteiger partial charge in [-0.3, -0.25) is 19.2 Å². The number of carbonyl (C=O) groups is 3. The molecule has 0 saturated heterocycles. The molecule has 0 aliphatic heterocycles. The standard InChI is InChI=1S/C22H24N8O6/c1-3-36-29-22(34)18-15(9-16(26-27-18)21(33)24-12-7-8-12)25-14-6-4-5-13(19(14)35-2)20-23-11-30(28-20)10-17(31)32/h4-6,9,11-12H,3,7-8,10H2,1-2H3,(H,24,33)(H,25,26)(H,29,34)(H,31,32). The lowest BCUT2D eigenvalue weighted by atomic mass is 10.1. The SMILES string of the molecule is CCONC(=O)c1nnc(C(=O)NC2CC2)cc1Nc1cccc(-c2ncn(CC(=O)O)n2)c1OC. The highest BCUT2D eigenvalue weighted by Gasteiger charge is 2.26. The van der Waals surface area contributed by atoms with E-state index in [1.165, 1.54) is 24.2 Å². The number of carboxylic acid groups (broad SMARTS) is 1. The third kappa shape index (κ3) is 5.72. The van der Waals surface area contributed by atoms with Crippen molar-refractivity contribution in [1.82, 2.24) is 35.8 Å². The van der Waals surface area contributed by atoms with Gasteiger partial charge in [0.25, 0.3) is 11.8 Å². The van der Waals surface area contributed by atoms with Crippen LogP contribution >= 0.6 is 0 Å². The molecular weight excluding hydrogens is 472 g/mol. The Labute approximate surface area is 205 Å². The van der Waals surface area contributed by atoms with Crippen LogP contribution < -0.4 is 20.9 Å². The summed E-state index contributed by atoms with van der Waals surface area (Å²) >= 11 is 0. The number of aliphatic carboxylic acids is 1. The Hall–Kier alpha value is -4.59. The zero-order valence-corrected chi connectivity index (χ0v) is 19.5. The highest BCUT2D eigenvalue weighted by Crippen LogP contribution is 2.37. The molecule has 4 rings (SSSR count). The summed E-state index contributed by atoms with van der Waals surface area (Å²) in [5, 5.41) is 27.0. The van der Waals surface area contributed by atoms with Crippen molar-refractivity contribution in [2.24, 2.45) is 0 Å². The van der Waals surface area contributed by atoms with Crippen LogP contribution in [0.15, 0.2) is 30.6 Å². The molecule has 14 nitrogen and oxygen atoms in total. The molecule has 2 amide bonds. The predicted octanol–water partition coefficient (Wildman–Crippen LogP) is 1.15. The van der Waals surface area contributed by atoms with Crippen LogP contribution in [0.25, 0.3) is 11.4 Å². The number of hydroxylamine groups is 1. The zero-order chi connectivity index (χ0) is 25.7. The molecule has 188 valence electrons. The van der Waals surface area contributed by atoms with Crippen molar-refractivity contribution in [3.05, 3.63) is 42.0 Å². The molecule has 14 heteroatoms. The van der Waals surface area contributed by atoms with Gasteiger partial charge < -0.3 is 20.5 Å². The molecule has 0 atom stereocenters. The van der Waals surface area contributed by atoms with E-state index in [-0.39, 0.29) is 42.1 Å². The fourth-order valence-corrected chi connectivity index (χ4v) is 3.25. The van der Waals surface area contributed by atoms with Gasteiger partial charge in [0, 0.05) is 6.04 Å². The second kappa shape index (κ2) is 10.8. The van der Waals surface area contributed by atoms with E-state index in [0.717, 1.165) is 12.8 Å². The van der Waals surface area contributed by atoms with Crippen molar-refractivity contribution in [2.45, 2.75) is 32.4 Å². The van der Waals surface area contributed by atoms with E-state index in [2.05, 4.69) is 36.4 Å². The van der Waals surface area contributed by atoms with Crippen LogP contribution in [-0.4, -0.2) is 67.6 Å². The Bertz CT molecular complexity index is 1290. The second-order valence-corrected chi connectivity index (χ2v) is 7.77. The van der Waals surface area contributed by atoms with Gasteiger partial charge in [-0.2, -0.15) is 5.10 Å².